The van der Waals surface area contributed by atoms with Gasteiger partial charge in [-0.1, -0.05) is 39.8 Å². The fourth-order valence-corrected chi connectivity index (χ4v) is 12.9. The summed E-state index contributed by atoms with van der Waals surface area (Å²) in [6, 6.07) is 10.2. The summed E-state index contributed by atoms with van der Waals surface area (Å²) in [7, 11) is -0.493. The topological polar surface area (TPSA) is 213 Å². The summed E-state index contributed by atoms with van der Waals surface area (Å²) < 4.78 is 41.8. The summed E-state index contributed by atoms with van der Waals surface area (Å²) in [5.41, 5.74) is 9.56. The fourth-order valence-electron chi connectivity index (χ4n) is 10.8. The van der Waals surface area contributed by atoms with Crippen LogP contribution in [0.2, 0.25) is 0 Å². The van der Waals surface area contributed by atoms with Crippen molar-refractivity contribution in [2.24, 2.45) is 17.3 Å². The van der Waals surface area contributed by atoms with Crippen molar-refractivity contribution in [2.45, 2.75) is 122 Å². The van der Waals surface area contributed by atoms with E-state index < -0.39 is 74.5 Å². The summed E-state index contributed by atoms with van der Waals surface area (Å²) in [6.45, 7) is 11.3. The molecule has 3 amide bonds. The molecule has 4 aliphatic rings. The molecule has 69 heavy (non-hydrogen) atoms. The van der Waals surface area contributed by atoms with Gasteiger partial charge in [-0.25, -0.2) is 13.8 Å². The lowest BCUT2D eigenvalue weighted by atomic mass is 9.84. The number of ether oxygens (including phenoxy) is 2. The number of methoxy groups -OCH3 is 1. The lowest BCUT2D eigenvalue weighted by Gasteiger charge is -2.37. The second kappa shape index (κ2) is 20.1. The highest BCUT2D eigenvalue weighted by atomic mass is 32.2. The Morgan fingerprint density at radius 2 is 1.84 bits per heavy atom. The molecular formula is C51H67N7O10S. The maximum absolute atomic E-state index is 14.8. The number of likely N-dealkylation sites (N-methyl/N-ethyl adjacent to an activating group) is 1. The number of nitrogens with one attached hydrogen (secondary N) is 2. The van der Waals surface area contributed by atoms with E-state index in [1.807, 2.05) is 24.4 Å². The summed E-state index contributed by atoms with van der Waals surface area (Å²) in [4.78, 5) is 63.3. The third-order valence-electron chi connectivity index (χ3n) is 14.3. The molecule has 3 aliphatic heterocycles. The first-order valence-corrected chi connectivity index (χ1v) is 25.7. The van der Waals surface area contributed by atoms with E-state index >= 15 is 0 Å². The highest BCUT2D eigenvalue weighted by molar-refractivity contribution is 7.89. The summed E-state index contributed by atoms with van der Waals surface area (Å²) in [5.74, 6) is -3.03. The molecule has 18 heteroatoms. The number of phenols is 1. The van der Waals surface area contributed by atoms with Crippen LogP contribution in [0.4, 0.5) is 0 Å². The number of aromatic nitrogens is 2. The quantitative estimate of drug-likeness (QED) is 0.153. The second-order valence-electron chi connectivity index (χ2n) is 20.5. The minimum atomic E-state index is -3.69. The number of benzene rings is 2. The molecule has 1 aliphatic carbocycles. The van der Waals surface area contributed by atoms with Gasteiger partial charge in [-0.3, -0.25) is 29.2 Å². The Labute approximate surface area is 404 Å². The molecule has 8 rings (SSSR count). The van der Waals surface area contributed by atoms with E-state index in [-0.39, 0.29) is 57.2 Å². The fraction of sp³-hybridized carbons (Fsp3) is 0.549. The van der Waals surface area contributed by atoms with E-state index in [0.29, 0.717) is 50.0 Å². The maximum atomic E-state index is 14.8. The van der Waals surface area contributed by atoms with E-state index in [0.717, 1.165) is 38.9 Å². The Morgan fingerprint density at radius 1 is 1.07 bits per heavy atom. The number of hydrazine groups is 1. The van der Waals surface area contributed by atoms with Gasteiger partial charge in [-0.15, -0.1) is 0 Å². The van der Waals surface area contributed by atoms with Gasteiger partial charge in [0, 0.05) is 87.0 Å². The van der Waals surface area contributed by atoms with Gasteiger partial charge >= 0.3 is 5.97 Å². The van der Waals surface area contributed by atoms with Crippen molar-refractivity contribution in [3.63, 3.8) is 0 Å². The van der Waals surface area contributed by atoms with Crippen LogP contribution in [0.5, 0.6) is 5.75 Å². The van der Waals surface area contributed by atoms with Gasteiger partial charge < -0.3 is 34.5 Å². The monoisotopic (exact) mass is 969 g/mol. The molecule has 2 saturated heterocycles. The molecule has 2 unspecified atom stereocenters. The number of aliphatic hydroxyl groups excluding tert-OH is 1. The van der Waals surface area contributed by atoms with E-state index in [1.54, 1.807) is 39.3 Å². The predicted molar refractivity (Wildman–Crippen MR) is 260 cm³/mol. The number of sulfonamides is 1. The third-order valence-corrected chi connectivity index (χ3v) is 16.6. The maximum Gasteiger partial charge on any atom is 0.324 e. The second-order valence-corrected chi connectivity index (χ2v) is 22.7. The van der Waals surface area contributed by atoms with Crippen LogP contribution in [-0.2, 0) is 64.7 Å². The number of carbonyl (C=O) groups is 4. The molecule has 5 atom stereocenters. The first-order valence-electron chi connectivity index (χ1n) is 24.2. The Balaban J connectivity index is 1.15. The normalized spacial score (nSPS) is 23.1. The largest absolute Gasteiger partial charge is 0.508 e. The minimum Gasteiger partial charge on any atom is -0.508 e. The number of pyridine rings is 1. The third kappa shape index (κ3) is 10.3. The molecule has 2 aromatic carbocycles. The molecule has 3 fully saturated rings. The first kappa shape index (κ1) is 50.0. The van der Waals surface area contributed by atoms with Crippen LogP contribution in [0.25, 0.3) is 33.3 Å². The van der Waals surface area contributed by atoms with Gasteiger partial charge in [0.1, 0.15) is 23.9 Å². The molecular weight excluding hydrogens is 903 g/mol. The number of esters is 1. The van der Waals surface area contributed by atoms with Crippen LogP contribution in [0.15, 0.2) is 54.9 Å². The predicted octanol–water partition coefficient (Wildman–Crippen LogP) is 4.55. The lowest BCUT2D eigenvalue weighted by Crippen LogP contribution is -2.62. The van der Waals surface area contributed by atoms with Crippen molar-refractivity contribution in [1.82, 2.24) is 34.5 Å². The summed E-state index contributed by atoms with van der Waals surface area (Å²) >= 11 is 0. The van der Waals surface area contributed by atoms with E-state index in [4.69, 9.17) is 9.47 Å². The Kier molecular flexibility index (Phi) is 14.6. The van der Waals surface area contributed by atoms with Gasteiger partial charge in [0.2, 0.25) is 21.8 Å². The molecule has 1 saturated carbocycles. The van der Waals surface area contributed by atoms with Crippen molar-refractivity contribution >= 4 is 44.6 Å². The average molecular weight is 970 g/mol. The zero-order valence-corrected chi connectivity index (χ0v) is 41.6. The van der Waals surface area contributed by atoms with Gasteiger partial charge in [0.15, 0.2) is 0 Å². The number of amides is 3. The molecule has 4 aromatic rings. The van der Waals surface area contributed by atoms with Crippen molar-refractivity contribution in [3.8, 4) is 28.1 Å². The van der Waals surface area contributed by atoms with E-state index in [9.17, 15) is 37.8 Å². The van der Waals surface area contributed by atoms with Gasteiger partial charge in [-0.05, 0) is 110 Å². The molecule has 2 aromatic heterocycles. The summed E-state index contributed by atoms with van der Waals surface area (Å²) in [6.07, 6.45) is 5.04. The SMILES string of the molecule is CCn1c(-c2cnccc2COC)c2c3cc(ccc31)-c1cc(O)cc(c1)C[C@H](NC(=O)[C@H](C(C)C)N(C)C(=O)C1CCC(S(=O)(=O)N3CC(O)C3)C1)C(=O)N1CCC[C@H](N1)C(=O)OCC(C)(C)C2. The highest BCUT2D eigenvalue weighted by Crippen LogP contribution is 2.42. The van der Waals surface area contributed by atoms with Crippen LogP contribution >= 0.6 is 0 Å². The number of carbonyl (C=O) groups excluding carboxylic acids is 4. The van der Waals surface area contributed by atoms with E-state index in [2.05, 4.69) is 53.2 Å². The molecule has 17 nitrogen and oxygen atoms in total. The molecule has 4 N–H and O–H groups in total. The number of fused-ring (bicyclic) bond motifs is 6. The lowest BCUT2D eigenvalue weighted by molar-refractivity contribution is -0.155. The Bertz CT molecular complexity index is 2720. The van der Waals surface area contributed by atoms with Crippen molar-refractivity contribution in [1.29, 1.82) is 0 Å². The van der Waals surface area contributed by atoms with Crippen LogP contribution in [0.1, 0.15) is 83.4 Å². The molecule has 372 valence electrons. The Morgan fingerprint density at radius 3 is 2.55 bits per heavy atom. The first-order chi connectivity index (χ1) is 32.8. The minimum absolute atomic E-state index is 0.0336. The number of hydrogen-bond acceptors (Lipinski definition) is 12. The number of cyclic esters (lactones) is 1. The molecule has 0 radical (unpaired) electrons. The van der Waals surface area contributed by atoms with Crippen LogP contribution in [0, 0.1) is 17.3 Å². The van der Waals surface area contributed by atoms with E-state index in [1.165, 1.54) is 21.3 Å². The highest BCUT2D eigenvalue weighted by Gasteiger charge is 2.46. The molecule has 5 heterocycles. The summed E-state index contributed by atoms with van der Waals surface area (Å²) in [5, 5.41) is 25.6. The standard InChI is InChI=1S/C51H67N7O10S/c1-8-57-44-14-12-32-23-39(44)40(46(57)41-25-52-16-15-34(41)28-67-7)24-51(4,5)29-68-50(64)42-10-9-17-58(54-42)49(63)43(20-31-18-35(32)21-36(59)19-31)53-47(61)45(30(2)3)55(6)48(62)33-11-13-38(22-33)69(65,66)56-26-37(60)27-56/h12,14-16,18-19,21,23,25,30,33,37-38,42-43,45,54,59-60H,8-11,13,17,20,22,24,26-29H2,1-7H3,(H,53,61)/t33?,38?,42-,43-,45-/m0/s1. The van der Waals surface area contributed by atoms with Gasteiger partial charge in [0.25, 0.3) is 5.91 Å². The number of aliphatic hydroxyl groups is 1. The number of nitrogens with zero attached hydrogens (tertiary/aromatic N) is 5. The number of phenolic OH excluding ortho intramolecular Hbond substituents is 1. The number of aryl methyl sites for hydroxylation is 1. The number of β-amino-alcohol motifs (C(OH)–C–C–N with tert-alkyl or cyclic N) is 1. The molecule has 6 bridgehead atoms. The zero-order chi connectivity index (χ0) is 49.5. The number of aromatic hydroxyl groups is 1. The van der Waals surface area contributed by atoms with Crippen LogP contribution in [0.3, 0.4) is 0 Å². The van der Waals surface area contributed by atoms with Crippen molar-refractivity contribution in [2.75, 3.05) is 40.4 Å². The molecule has 0 spiro atoms. The number of hydrogen-bond donors (Lipinski definition) is 4. The van der Waals surface area contributed by atoms with Crippen LogP contribution < -0.4 is 10.7 Å². The van der Waals surface area contributed by atoms with Crippen molar-refractivity contribution in [3.05, 3.63) is 71.5 Å². The van der Waals surface area contributed by atoms with Crippen LogP contribution in [-0.4, -0.2) is 136 Å². The zero-order valence-electron chi connectivity index (χ0n) is 40.7. The smallest absolute Gasteiger partial charge is 0.324 e. The number of rotatable bonds is 11. The average Bonchev–Trinajstić information content (AvgIpc) is 3.92. The van der Waals surface area contributed by atoms with Crippen molar-refractivity contribution < 1.29 is 47.3 Å². The van der Waals surface area contributed by atoms with Gasteiger partial charge in [-0.2, -0.15) is 4.31 Å². The Hall–Kier alpha value is -5.40. The van der Waals surface area contributed by atoms with Gasteiger partial charge in [0.05, 0.1) is 30.3 Å².